The second-order valence-corrected chi connectivity index (χ2v) is 8.99. The summed E-state index contributed by atoms with van der Waals surface area (Å²) in [5.74, 6) is 0.927. The highest BCUT2D eigenvalue weighted by molar-refractivity contribution is 14.0. The topological polar surface area (TPSA) is 58.1 Å². The van der Waals surface area contributed by atoms with Crippen molar-refractivity contribution in [2.45, 2.75) is 83.3 Å². The van der Waals surface area contributed by atoms with Crippen molar-refractivity contribution in [2.24, 2.45) is 4.99 Å². The molecule has 2 N–H and O–H groups in total. The number of benzene rings is 1. The predicted molar refractivity (Wildman–Crippen MR) is 136 cm³/mol. The molecule has 0 spiro atoms. The van der Waals surface area contributed by atoms with Crippen molar-refractivity contribution in [2.75, 3.05) is 26.3 Å². The number of guanidine groups is 1. The van der Waals surface area contributed by atoms with E-state index in [-0.39, 0.29) is 24.0 Å². The lowest BCUT2D eigenvalue weighted by atomic mass is 10.1. The highest BCUT2D eigenvalue weighted by Crippen LogP contribution is 2.33. The van der Waals surface area contributed by atoms with Crippen molar-refractivity contribution in [1.29, 1.82) is 0 Å². The summed E-state index contributed by atoms with van der Waals surface area (Å²) in [4.78, 5) is 7.54. The van der Waals surface area contributed by atoms with Gasteiger partial charge in [0.1, 0.15) is 0 Å². The Bertz CT molecular complexity index is 707. The molecule has 3 fully saturated rings. The van der Waals surface area contributed by atoms with Crippen molar-refractivity contribution >= 4 is 29.9 Å². The molecule has 0 aromatic heterocycles. The Hall–Kier alpha value is -0.900. The zero-order valence-corrected chi connectivity index (χ0v) is 21.3. The molecule has 1 saturated carbocycles. The van der Waals surface area contributed by atoms with Gasteiger partial charge in [-0.3, -0.25) is 4.90 Å². The zero-order valence-electron chi connectivity index (χ0n) is 19.0. The average Bonchev–Trinajstić information content (AvgIpc) is 3.54. The number of aliphatic imine (C=N–C) groups is 1. The van der Waals surface area contributed by atoms with E-state index >= 15 is 0 Å². The molecule has 7 heteroatoms. The fraction of sp³-hybridized carbons (Fsp3) is 0.708. The van der Waals surface area contributed by atoms with Crippen molar-refractivity contribution in [3.8, 4) is 0 Å². The second-order valence-electron chi connectivity index (χ2n) is 8.99. The summed E-state index contributed by atoms with van der Waals surface area (Å²) in [6.07, 6.45) is 6.27. The standard InChI is InChI=1S/C24H38N4O2.HI/c1-3-25-24(27-21-13-18(2)28(16-21)22-7-8-22)26-15-19-5-4-6-20(14-19)17-30-23-9-11-29-12-10-23;/h4-6,14,18,21-23H,3,7-13,15-17H2,1-2H3,(H2,25,26,27);1H. The highest BCUT2D eigenvalue weighted by Gasteiger charge is 2.38. The fourth-order valence-electron chi connectivity index (χ4n) is 4.63. The van der Waals surface area contributed by atoms with Crippen molar-refractivity contribution < 1.29 is 9.47 Å². The van der Waals surface area contributed by atoms with Gasteiger partial charge in [0, 0.05) is 44.4 Å². The summed E-state index contributed by atoms with van der Waals surface area (Å²) in [7, 11) is 0. The number of nitrogens with zero attached hydrogens (tertiary/aromatic N) is 2. The van der Waals surface area contributed by atoms with Gasteiger partial charge in [-0.15, -0.1) is 24.0 Å². The lowest BCUT2D eigenvalue weighted by Crippen LogP contribution is -2.44. The number of hydrogen-bond acceptors (Lipinski definition) is 4. The molecule has 0 radical (unpaired) electrons. The van der Waals surface area contributed by atoms with E-state index in [0.717, 1.165) is 51.1 Å². The SMILES string of the molecule is CCNC(=NCc1cccc(COC2CCOCC2)c1)NC1CC(C)N(C2CC2)C1.I. The van der Waals surface area contributed by atoms with E-state index in [1.807, 2.05) is 0 Å². The molecule has 2 heterocycles. The maximum Gasteiger partial charge on any atom is 0.191 e. The molecule has 1 aromatic carbocycles. The van der Waals surface area contributed by atoms with E-state index in [0.29, 0.717) is 31.3 Å². The molecule has 6 nitrogen and oxygen atoms in total. The molecule has 2 saturated heterocycles. The highest BCUT2D eigenvalue weighted by atomic mass is 127. The number of hydrogen-bond donors (Lipinski definition) is 2. The van der Waals surface area contributed by atoms with Crippen LogP contribution in [0.25, 0.3) is 0 Å². The summed E-state index contributed by atoms with van der Waals surface area (Å²) < 4.78 is 11.5. The van der Waals surface area contributed by atoms with Crippen molar-refractivity contribution in [1.82, 2.24) is 15.5 Å². The quantitative estimate of drug-likeness (QED) is 0.298. The minimum absolute atomic E-state index is 0. The first-order chi connectivity index (χ1) is 14.7. The maximum absolute atomic E-state index is 6.08. The molecule has 31 heavy (non-hydrogen) atoms. The van der Waals surface area contributed by atoms with E-state index < -0.39 is 0 Å². The number of likely N-dealkylation sites (tertiary alicyclic amines) is 1. The molecule has 4 rings (SSSR count). The number of rotatable bonds is 8. The number of ether oxygens (including phenoxy) is 2. The number of halogens is 1. The van der Waals surface area contributed by atoms with Crippen LogP contribution >= 0.6 is 24.0 Å². The van der Waals surface area contributed by atoms with Crippen LogP contribution in [-0.4, -0.2) is 61.4 Å². The lowest BCUT2D eigenvalue weighted by Gasteiger charge is -2.22. The van der Waals surface area contributed by atoms with E-state index in [2.05, 4.69) is 53.6 Å². The van der Waals surface area contributed by atoms with Gasteiger partial charge in [-0.05, 0) is 57.1 Å². The lowest BCUT2D eigenvalue weighted by molar-refractivity contribution is -0.0390. The van der Waals surface area contributed by atoms with E-state index in [1.54, 1.807) is 0 Å². The largest absolute Gasteiger partial charge is 0.381 e. The molecule has 0 amide bonds. The van der Waals surface area contributed by atoms with Crippen LogP contribution in [-0.2, 0) is 22.6 Å². The van der Waals surface area contributed by atoms with Gasteiger partial charge in [0.05, 0.1) is 19.3 Å². The Morgan fingerprint density at radius 3 is 2.71 bits per heavy atom. The molecule has 1 aliphatic carbocycles. The predicted octanol–water partition coefficient (Wildman–Crippen LogP) is 3.68. The first-order valence-corrected chi connectivity index (χ1v) is 11.8. The van der Waals surface area contributed by atoms with Gasteiger partial charge in [0.15, 0.2) is 5.96 Å². The average molecular weight is 543 g/mol. The molecule has 174 valence electrons. The third kappa shape index (κ3) is 7.58. The Kier molecular flexibility index (Phi) is 9.87. The fourth-order valence-corrected chi connectivity index (χ4v) is 4.63. The minimum Gasteiger partial charge on any atom is -0.381 e. The Labute approximate surface area is 204 Å². The van der Waals surface area contributed by atoms with Gasteiger partial charge in [-0.25, -0.2) is 4.99 Å². The smallest absolute Gasteiger partial charge is 0.191 e. The van der Waals surface area contributed by atoms with E-state index in [9.17, 15) is 0 Å². The molecule has 2 unspecified atom stereocenters. The first kappa shape index (κ1) is 24.7. The van der Waals surface area contributed by atoms with Crippen LogP contribution in [0.2, 0.25) is 0 Å². The second kappa shape index (κ2) is 12.4. The minimum atomic E-state index is 0. The third-order valence-electron chi connectivity index (χ3n) is 6.39. The van der Waals surface area contributed by atoms with E-state index in [4.69, 9.17) is 14.5 Å². The van der Waals surface area contributed by atoms with Gasteiger partial charge in [-0.2, -0.15) is 0 Å². The summed E-state index contributed by atoms with van der Waals surface area (Å²) in [5, 5.41) is 7.09. The summed E-state index contributed by atoms with van der Waals surface area (Å²) in [5.41, 5.74) is 2.44. The van der Waals surface area contributed by atoms with Crippen molar-refractivity contribution in [3.63, 3.8) is 0 Å². The summed E-state index contributed by atoms with van der Waals surface area (Å²) in [6, 6.07) is 10.6. The Balaban J connectivity index is 0.00000272. The van der Waals surface area contributed by atoms with Gasteiger partial charge in [0.2, 0.25) is 0 Å². The van der Waals surface area contributed by atoms with Gasteiger partial charge >= 0.3 is 0 Å². The van der Waals surface area contributed by atoms with Crippen LogP contribution in [0.4, 0.5) is 0 Å². The normalized spacial score (nSPS) is 25.3. The molecule has 2 aliphatic heterocycles. The maximum atomic E-state index is 6.08. The monoisotopic (exact) mass is 542 g/mol. The molecular weight excluding hydrogens is 503 g/mol. The first-order valence-electron chi connectivity index (χ1n) is 11.8. The van der Waals surface area contributed by atoms with Crippen LogP contribution < -0.4 is 10.6 Å². The number of nitrogens with one attached hydrogen (secondary N) is 2. The molecule has 3 aliphatic rings. The molecule has 2 atom stereocenters. The Morgan fingerprint density at radius 1 is 1.19 bits per heavy atom. The van der Waals surface area contributed by atoms with Crippen LogP contribution in [0.3, 0.4) is 0 Å². The van der Waals surface area contributed by atoms with E-state index in [1.165, 1.54) is 30.4 Å². The summed E-state index contributed by atoms with van der Waals surface area (Å²) in [6.45, 7) is 9.47. The van der Waals surface area contributed by atoms with Crippen molar-refractivity contribution in [3.05, 3.63) is 35.4 Å². The molecule has 0 bridgehead atoms. The summed E-state index contributed by atoms with van der Waals surface area (Å²) >= 11 is 0. The zero-order chi connectivity index (χ0) is 20.8. The van der Waals surface area contributed by atoms with Crippen LogP contribution in [0.15, 0.2) is 29.3 Å². The Morgan fingerprint density at radius 2 is 1.97 bits per heavy atom. The van der Waals surface area contributed by atoms with Crippen LogP contribution in [0, 0.1) is 0 Å². The van der Waals surface area contributed by atoms with Gasteiger partial charge < -0.3 is 20.1 Å². The van der Waals surface area contributed by atoms with Gasteiger partial charge in [-0.1, -0.05) is 24.3 Å². The van der Waals surface area contributed by atoms with Crippen LogP contribution in [0.1, 0.15) is 57.1 Å². The molecular formula is C24H39IN4O2. The molecule has 1 aromatic rings. The van der Waals surface area contributed by atoms with Crippen LogP contribution in [0.5, 0.6) is 0 Å². The third-order valence-corrected chi connectivity index (χ3v) is 6.39. The van der Waals surface area contributed by atoms with Gasteiger partial charge in [0.25, 0.3) is 0 Å².